The lowest BCUT2D eigenvalue weighted by Crippen LogP contribution is -2.23. The van der Waals surface area contributed by atoms with Crippen LogP contribution in [-0.2, 0) is 30.4 Å². The number of imidazole rings is 1. The molecule has 4 rings (SSSR count). The van der Waals surface area contributed by atoms with Crippen LogP contribution in [0.15, 0.2) is 91.3 Å². The van der Waals surface area contributed by atoms with Gasteiger partial charge in [0.25, 0.3) is 0 Å². The van der Waals surface area contributed by atoms with Gasteiger partial charge in [0.1, 0.15) is 5.82 Å². The highest BCUT2D eigenvalue weighted by Gasteiger charge is 2.29. The number of hydrogen-bond acceptors (Lipinski definition) is 4. The summed E-state index contributed by atoms with van der Waals surface area (Å²) in [6, 6.07) is 22.0. The van der Waals surface area contributed by atoms with Gasteiger partial charge in [0.2, 0.25) is 5.91 Å². The Morgan fingerprint density at radius 2 is 1.57 bits per heavy atom. The lowest BCUT2D eigenvalue weighted by Gasteiger charge is -2.12. The average Bonchev–Trinajstić information content (AvgIpc) is 3.33. The summed E-state index contributed by atoms with van der Waals surface area (Å²) >= 11 is 0. The summed E-state index contributed by atoms with van der Waals surface area (Å²) in [7, 11) is 0. The van der Waals surface area contributed by atoms with Gasteiger partial charge < -0.3 is 20.3 Å². The van der Waals surface area contributed by atoms with Crippen LogP contribution in [0, 0.1) is 0 Å². The molecule has 214 valence electrons. The third-order valence-corrected chi connectivity index (χ3v) is 6.10. The van der Waals surface area contributed by atoms with Crippen molar-refractivity contribution in [3.05, 3.63) is 119 Å². The maximum absolute atomic E-state index is 12.8. The number of aliphatic hydroxyl groups is 1. The van der Waals surface area contributed by atoms with Gasteiger partial charge in [-0.1, -0.05) is 54.6 Å². The number of alkyl halides is 3. The van der Waals surface area contributed by atoms with Crippen molar-refractivity contribution in [3.63, 3.8) is 0 Å². The molecule has 0 aliphatic rings. The van der Waals surface area contributed by atoms with Gasteiger partial charge in [-0.3, -0.25) is 4.79 Å². The standard InChI is InChI=1S/C29H29F3N4O2.2ClH/c30-29(31,32)24-10-6-22(7-11-24)20-36-17-16-34-27(36)18-28(38)35-25-12-8-21(9-13-25)14-15-33-19-26(37)23-4-2-1-3-5-23;;/h1-13,16-17,26,33,37H,14-15,18-20H2,(H,35,38);2*1H/t26-;;/m0../s1. The largest absolute Gasteiger partial charge is 0.416 e. The predicted octanol–water partition coefficient (Wildman–Crippen LogP) is 5.84. The van der Waals surface area contributed by atoms with Gasteiger partial charge >= 0.3 is 6.18 Å². The molecule has 0 saturated heterocycles. The molecule has 1 heterocycles. The smallest absolute Gasteiger partial charge is 0.387 e. The van der Waals surface area contributed by atoms with Crippen LogP contribution >= 0.6 is 24.8 Å². The number of nitrogens with one attached hydrogen (secondary N) is 2. The number of aromatic nitrogens is 2. The molecule has 0 spiro atoms. The van der Waals surface area contributed by atoms with Crippen molar-refractivity contribution in [2.75, 3.05) is 18.4 Å². The molecule has 1 amide bonds. The fourth-order valence-electron chi connectivity index (χ4n) is 4.02. The van der Waals surface area contributed by atoms with E-state index < -0.39 is 17.8 Å². The normalized spacial score (nSPS) is 11.7. The van der Waals surface area contributed by atoms with Crippen LogP contribution < -0.4 is 10.6 Å². The van der Waals surface area contributed by atoms with E-state index in [1.807, 2.05) is 54.6 Å². The molecular weight excluding hydrogens is 564 g/mol. The van der Waals surface area contributed by atoms with Gasteiger partial charge in [0.05, 0.1) is 18.1 Å². The molecule has 0 aliphatic heterocycles. The van der Waals surface area contributed by atoms with Crippen molar-refractivity contribution in [1.29, 1.82) is 0 Å². The van der Waals surface area contributed by atoms with E-state index in [0.717, 1.165) is 29.7 Å². The minimum absolute atomic E-state index is 0. The quantitative estimate of drug-likeness (QED) is 0.191. The second-order valence-electron chi connectivity index (χ2n) is 8.97. The van der Waals surface area contributed by atoms with E-state index in [4.69, 9.17) is 0 Å². The molecule has 11 heteroatoms. The molecule has 1 aromatic heterocycles. The topological polar surface area (TPSA) is 79.2 Å². The first kappa shape index (κ1) is 32.8. The highest BCUT2D eigenvalue weighted by Crippen LogP contribution is 2.29. The number of anilines is 1. The molecule has 0 fully saturated rings. The highest BCUT2D eigenvalue weighted by atomic mass is 35.5. The molecule has 6 nitrogen and oxygen atoms in total. The molecule has 0 unspecified atom stereocenters. The Kier molecular flexibility index (Phi) is 12.7. The maximum atomic E-state index is 12.8. The summed E-state index contributed by atoms with van der Waals surface area (Å²) in [5.74, 6) is 0.275. The predicted molar refractivity (Wildman–Crippen MR) is 154 cm³/mol. The Morgan fingerprint density at radius 1 is 0.925 bits per heavy atom. The number of rotatable bonds is 11. The SMILES string of the molecule is Cl.Cl.O=C(Cc1nccn1Cc1ccc(C(F)(F)F)cc1)Nc1ccc(CCNC[C@H](O)c2ccccc2)cc1. The van der Waals surface area contributed by atoms with Gasteiger partial charge in [-0.05, 0) is 53.9 Å². The molecule has 3 N–H and O–H groups in total. The first-order valence-corrected chi connectivity index (χ1v) is 12.3. The number of nitrogens with zero attached hydrogens (tertiary/aromatic N) is 2. The molecule has 0 aliphatic carbocycles. The summed E-state index contributed by atoms with van der Waals surface area (Å²) in [6.45, 7) is 1.48. The van der Waals surface area contributed by atoms with Crippen molar-refractivity contribution >= 4 is 36.4 Å². The third kappa shape index (κ3) is 9.67. The molecular formula is C29H31Cl2F3N4O2. The van der Waals surface area contributed by atoms with Crippen LogP contribution in [-0.4, -0.2) is 33.7 Å². The van der Waals surface area contributed by atoms with E-state index in [1.165, 1.54) is 12.1 Å². The highest BCUT2D eigenvalue weighted by molar-refractivity contribution is 5.91. The number of carbonyl (C=O) groups is 1. The number of amides is 1. The monoisotopic (exact) mass is 594 g/mol. The van der Waals surface area contributed by atoms with E-state index in [1.54, 1.807) is 17.0 Å². The maximum Gasteiger partial charge on any atom is 0.416 e. The fourth-order valence-corrected chi connectivity index (χ4v) is 4.02. The van der Waals surface area contributed by atoms with Gasteiger partial charge in [-0.15, -0.1) is 24.8 Å². The molecule has 4 aromatic rings. The first-order valence-electron chi connectivity index (χ1n) is 12.3. The molecule has 40 heavy (non-hydrogen) atoms. The number of hydrogen-bond donors (Lipinski definition) is 3. The lowest BCUT2D eigenvalue weighted by molar-refractivity contribution is -0.137. The van der Waals surface area contributed by atoms with Crippen molar-refractivity contribution in [3.8, 4) is 0 Å². The summed E-state index contributed by atoms with van der Waals surface area (Å²) in [5.41, 5.74) is 2.61. The van der Waals surface area contributed by atoms with Crippen molar-refractivity contribution < 1.29 is 23.1 Å². The number of halogens is 5. The summed E-state index contributed by atoms with van der Waals surface area (Å²) in [6.07, 6.45) is -0.867. The number of aliphatic hydroxyl groups excluding tert-OH is 1. The second kappa shape index (κ2) is 15.4. The van der Waals surface area contributed by atoms with Crippen molar-refractivity contribution in [2.24, 2.45) is 0 Å². The Labute approximate surface area is 243 Å². The Hall–Kier alpha value is -3.37. The van der Waals surface area contributed by atoms with Crippen LogP contribution in [0.4, 0.5) is 18.9 Å². The van der Waals surface area contributed by atoms with Crippen molar-refractivity contribution in [1.82, 2.24) is 14.9 Å². The van der Waals surface area contributed by atoms with Gasteiger partial charge in [-0.2, -0.15) is 13.2 Å². The van der Waals surface area contributed by atoms with Crippen LogP contribution in [0.25, 0.3) is 0 Å². The van der Waals surface area contributed by atoms with Gasteiger partial charge in [0, 0.05) is 31.2 Å². The molecule has 0 bridgehead atoms. The average molecular weight is 595 g/mol. The van der Waals surface area contributed by atoms with Crippen LogP contribution in [0.1, 0.15) is 34.2 Å². The lowest BCUT2D eigenvalue weighted by atomic mass is 10.1. The van der Waals surface area contributed by atoms with Crippen LogP contribution in [0.2, 0.25) is 0 Å². The van der Waals surface area contributed by atoms with E-state index >= 15 is 0 Å². The second-order valence-corrected chi connectivity index (χ2v) is 8.97. The third-order valence-electron chi connectivity index (χ3n) is 6.10. The zero-order valence-corrected chi connectivity index (χ0v) is 23.1. The Bertz CT molecular complexity index is 1320. The zero-order valence-electron chi connectivity index (χ0n) is 21.5. The minimum atomic E-state index is -4.38. The molecule has 3 aromatic carbocycles. The van der Waals surface area contributed by atoms with Crippen LogP contribution in [0.5, 0.6) is 0 Å². The van der Waals surface area contributed by atoms with E-state index in [9.17, 15) is 23.1 Å². The van der Waals surface area contributed by atoms with Crippen molar-refractivity contribution in [2.45, 2.75) is 31.7 Å². The molecule has 1 atom stereocenters. The number of carbonyl (C=O) groups excluding carboxylic acids is 1. The zero-order chi connectivity index (χ0) is 27.0. The summed E-state index contributed by atoms with van der Waals surface area (Å²) in [5, 5.41) is 16.3. The minimum Gasteiger partial charge on any atom is -0.387 e. The molecule has 0 saturated carbocycles. The van der Waals surface area contributed by atoms with E-state index in [2.05, 4.69) is 15.6 Å². The Balaban J connectivity index is 0.00000280. The number of benzene rings is 3. The summed E-state index contributed by atoms with van der Waals surface area (Å²) < 4.78 is 40.1. The summed E-state index contributed by atoms with van der Waals surface area (Å²) in [4.78, 5) is 16.8. The van der Waals surface area contributed by atoms with Crippen LogP contribution in [0.3, 0.4) is 0 Å². The van der Waals surface area contributed by atoms with E-state index in [0.29, 0.717) is 36.7 Å². The molecule has 0 radical (unpaired) electrons. The van der Waals surface area contributed by atoms with Gasteiger partial charge in [-0.25, -0.2) is 4.98 Å². The van der Waals surface area contributed by atoms with E-state index in [-0.39, 0.29) is 37.1 Å². The first-order chi connectivity index (χ1) is 18.3. The van der Waals surface area contributed by atoms with Gasteiger partial charge in [0.15, 0.2) is 0 Å². The Morgan fingerprint density at radius 3 is 2.23 bits per heavy atom. The fraction of sp³-hybridized carbons (Fsp3) is 0.241.